The number of carbonyl (C=O) groups excluding carboxylic acids is 3. The molecule has 0 aliphatic carbocycles. The molecule has 0 radical (unpaired) electrons. The summed E-state index contributed by atoms with van der Waals surface area (Å²) in [6.45, 7) is 3.44. The van der Waals surface area contributed by atoms with Crippen molar-refractivity contribution in [3.63, 3.8) is 0 Å². The van der Waals surface area contributed by atoms with Crippen molar-refractivity contribution in [1.82, 2.24) is 5.32 Å². The molecule has 158 valence electrons. The van der Waals surface area contributed by atoms with Gasteiger partial charge in [-0.1, -0.05) is 17.7 Å². The lowest BCUT2D eigenvalue weighted by Crippen LogP contribution is -2.37. The minimum absolute atomic E-state index is 0.257. The molecule has 7 heteroatoms. The molecule has 3 aromatic carbocycles. The van der Waals surface area contributed by atoms with E-state index in [2.05, 4.69) is 10.6 Å². The zero-order chi connectivity index (χ0) is 22.4. The van der Waals surface area contributed by atoms with Crippen LogP contribution in [0, 0.1) is 19.7 Å². The van der Waals surface area contributed by atoms with Gasteiger partial charge in [-0.25, -0.2) is 9.18 Å². The normalized spacial score (nSPS) is 10.3. The zero-order valence-electron chi connectivity index (χ0n) is 17.1. The van der Waals surface area contributed by atoms with Crippen LogP contribution in [0.2, 0.25) is 0 Å². The third kappa shape index (κ3) is 5.99. The lowest BCUT2D eigenvalue weighted by Gasteiger charge is -2.10. The standard InChI is InChI=1S/C24H21FN2O4/c1-15-3-12-21(16(2)13-15)26-24(30)27-22(28)14-31-20-10-6-18(7-11-20)23(29)17-4-8-19(25)9-5-17/h3-13H,14H2,1-2H3,(H2,26,27,28,30). The maximum atomic E-state index is 13.0. The van der Waals surface area contributed by atoms with Gasteiger partial charge in [0.1, 0.15) is 11.6 Å². The molecular weight excluding hydrogens is 399 g/mol. The number of nitrogens with one attached hydrogen (secondary N) is 2. The molecule has 0 aliphatic heterocycles. The molecule has 0 spiro atoms. The highest BCUT2D eigenvalue weighted by Crippen LogP contribution is 2.17. The first kappa shape index (κ1) is 21.7. The van der Waals surface area contributed by atoms with Gasteiger partial charge in [0, 0.05) is 16.8 Å². The first-order chi connectivity index (χ1) is 14.8. The molecular formula is C24H21FN2O4. The molecule has 0 saturated carbocycles. The summed E-state index contributed by atoms with van der Waals surface area (Å²) >= 11 is 0. The number of imide groups is 1. The Morgan fingerprint density at radius 1 is 0.871 bits per heavy atom. The molecule has 0 aliphatic rings. The Hall–Kier alpha value is -4.00. The monoisotopic (exact) mass is 420 g/mol. The van der Waals surface area contributed by atoms with Crippen LogP contribution >= 0.6 is 0 Å². The largest absolute Gasteiger partial charge is 0.484 e. The Kier molecular flexibility index (Phi) is 6.77. The summed E-state index contributed by atoms with van der Waals surface area (Å²) in [4.78, 5) is 36.3. The van der Waals surface area contributed by atoms with Crippen LogP contribution in [0.25, 0.3) is 0 Å². The minimum atomic E-state index is -0.652. The number of benzene rings is 3. The van der Waals surface area contributed by atoms with E-state index in [0.29, 0.717) is 22.6 Å². The fourth-order valence-electron chi connectivity index (χ4n) is 2.89. The van der Waals surface area contributed by atoms with Gasteiger partial charge in [0.25, 0.3) is 5.91 Å². The molecule has 0 heterocycles. The van der Waals surface area contributed by atoms with Crippen LogP contribution < -0.4 is 15.4 Å². The van der Waals surface area contributed by atoms with Crippen LogP contribution in [-0.4, -0.2) is 24.3 Å². The number of anilines is 1. The SMILES string of the molecule is Cc1ccc(NC(=O)NC(=O)COc2ccc(C(=O)c3ccc(F)cc3)cc2)c(C)c1. The molecule has 2 N–H and O–H groups in total. The molecule has 0 fully saturated rings. The smallest absolute Gasteiger partial charge is 0.325 e. The van der Waals surface area contributed by atoms with Gasteiger partial charge in [0.2, 0.25) is 0 Å². The maximum Gasteiger partial charge on any atom is 0.325 e. The van der Waals surface area contributed by atoms with Crippen molar-refractivity contribution < 1.29 is 23.5 Å². The van der Waals surface area contributed by atoms with Crippen LogP contribution in [0.15, 0.2) is 66.7 Å². The highest BCUT2D eigenvalue weighted by molar-refractivity contribution is 6.09. The van der Waals surface area contributed by atoms with Crippen molar-refractivity contribution in [3.05, 3.63) is 94.8 Å². The Bertz CT molecular complexity index is 1110. The van der Waals surface area contributed by atoms with E-state index in [4.69, 9.17) is 4.74 Å². The number of hydrogen-bond acceptors (Lipinski definition) is 4. The van der Waals surface area contributed by atoms with Crippen molar-refractivity contribution >= 4 is 23.4 Å². The average Bonchev–Trinajstić information content (AvgIpc) is 2.75. The van der Waals surface area contributed by atoms with E-state index < -0.39 is 17.8 Å². The summed E-state index contributed by atoms with van der Waals surface area (Å²) in [6.07, 6.45) is 0. The lowest BCUT2D eigenvalue weighted by molar-refractivity contribution is -0.121. The summed E-state index contributed by atoms with van der Waals surface area (Å²) in [5.41, 5.74) is 3.33. The number of hydrogen-bond donors (Lipinski definition) is 2. The van der Waals surface area contributed by atoms with E-state index in [1.807, 2.05) is 26.0 Å². The van der Waals surface area contributed by atoms with Gasteiger partial charge < -0.3 is 10.1 Å². The zero-order valence-corrected chi connectivity index (χ0v) is 17.1. The van der Waals surface area contributed by atoms with E-state index >= 15 is 0 Å². The van der Waals surface area contributed by atoms with Crippen LogP contribution in [0.4, 0.5) is 14.9 Å². The molecule has 3 amide bonds. The molecule has 6 nitrogen and oxygen atoms in total. The van der Waals surface area contributed by atoms with Crippen molar-refractivity contribution in [2.24, 2.45) is 0 Å². The summed E-state index contributed by atoms with van der Waals surface area (Å²) in [7, 11) is 0. The third-order valence-corrected chi connectivity index (χ3v) is 4.48. The first-order valence-electron chi connectivity index (χ1n) is 9.53. The average molecular weight is 420 g/mol. The highest BCUT2D eigenvalue weighted by atomic mass is 19.1. The van der Waals surface area contributed by atoms with Gasteiger partial charge in [-0.15, -0.1) is 0 Å². The fraction of sp³-hybridized carbons (Fsp3) is 0.125. The fourth-order valence-corrected chi connectivity index (χ4v) is 2.89. The quantitative estimate of drug-likeness (QED) is 0.579. The van der Waals surface area contributed by atoms with E-state index in [9.17, 15) is 18.8 Å². The number of carbonyl (C=O) groups is 3. The Balaban J connectivity index is 1.50. The minimum Gasteiger partial charge on any atom is -0.484 e. The van der Waals surface area contributed by atoms with Gasteiger partial charge in [-0.3, -0.25) is 14.9 Å². The van der Waals surface area contributed by atoms with Gasteiger partial charge in [-0.05, 0) is 74.0 Å². The molecule has 3 rings (SSSR count). The summed E-state index contributed by atoms with van der Waals surface area (Å²) in [6, 6.07) is 16.3. The van der Waals surface area contributed by atoms with Crippen molar-refractivity contribution in [1.29, 1.82) is 0 Å². The van der Waals surface area contributed by atoms with Gasteiger partial charge >= 0.3 is 6.03 Å². The van der Waals surface area contributed by atoms with Crippen molar-refractivity contribution in [2.75, 3.05) is 11.9 Å². The molecule has 0 unspecified atom stereocenters. The van der Waals surface area contributed by atoms with Crippen molar-refractivity contribution in [2.45, 2.75) is 13.8 Å². The van der Waals surface area contributed by atoms with E-state index in [1.165, 1.54) is 24.3 Å². The van der Waals surface area contributed by atoms with Gasteiger partial charge in [0.15, 0.2) is 12.4 Å². The number of ketones is 1. The predicted octanol–water partition coefficient (Wildman–Crippen LogP) is 4.40. The van der Waals surface area contributed by atoms with E-state index in [1.54, 1.807) is 30.3 Å². The highest BCUT2D eigenvalue weighted by Gasteiger charge is 2.12. The Morgan fingerprint density at radius 2 is 1.48 bits per heavy atom. The second-order valence-electron chi connectivity index (χ2n) is 6.97. The molecule has 31 heavy (non-hydrogen) atoms. The topological polar surface area (TPSA) is 84.5 Å². The van der Waals surface area contributed by atoms with Crippen molar-refractivity contribution in [3.8, 4) is 5.75 Å². The van der Waals surface area contributed by atoms with Crippen LogP contribution in [0.1, 0.15) is 27.0 Å². The number of halogens is 1. The van der Waals surface area contributed by atoms with E-state index in [-0.39, 0.29) is 12.4 Å². The lowest BCUT2D eigenvalue weighted by atomic mass is 10.0. The summed E-state index contributed by atoms with van der Waals surface area (Å²) < 4.78 is 18.4. The number of urea groups is 1. The van der Waals surface area contributed by atoms with Crippen LogP contribution in [0.5, 0.6) is 5.75 Å². The number of amides is 3. The second kappa shape index (κ2) is 9.67. The second-order valence-corrected chi connectivity index (χ2v) is 6.97. The Morgan fingerprint density at radius 3 is 2.10 bits per heavy atom. The maximum absolute atomic E-state index is 13.0. The third-order valence-electron chi connectivity index (χ3n) is 4.48. The summed E-state index contributed by atoms with van der Waals surface area (Å²) in [5, 5.41) is 4.82. The molecule has 0 aromatic heterocycles. The number of ether oxygens (including phenoxy) is 1. The molecule has 0 atom stereocenters. The Labute approximate surface area is 179 Å². The van der Waals surface area contributed by atoms with Crippen LogP contribution in [-0.2, 0) is 4.79 Å². The van der Waals surface area contributed by atoms with Gasteiger partial charge in [0.05, 0.1) is 0 Å². The molecule has 0 saturated heterocycles. The predicted molar refractivity (Wildman–Crippen MR) is 115 cm³/mol. The van der Waals surface area contributed by atoms with E-state index in [0.717, 1.165) is 11.1 Å². The number of rotatable bonds is 6. The van der Waals surface area contributed by atoms with Crippen LogP contribution in [0.3, 0.4) is 0 Å². The van der Waals surface area contributed by atoms with Gasteiger partial charge in [-0.2, -0.15) is 0 Å². The summed E-state index contributed by atoms with van der Waals surface area (Å²) in [5.74, 6) is -0.928. The first-order valence-corrected chi connectivity index (χ1v) is 9.53. The molecule has 0 bridgehead atoms. The number of aryl methyl sites for hydroxylation is 2. The molecule has 3 aromatic rings.